The number of hydrogen-bond donors (Lipinski definition) is 2. The summed E-state index contributed by atoms with van der Waals surface area (Å²) in [6, 6.07) is 4.84. The molecule has 1 aromatic rings. The molecule has 0 saturated carbocycles. The fraction of sp³-hybridized carbons (Fsp3) is 0.538. The smallest absolute Gasteiger partial charge is 0.128 e. The molecular formula is C13H19FN2O. The summed E-state index contributed by atoms with van der Waals surface area (Å²) in [6.45, 7) is 5.38. The summed E-state index contributed by atoms with van der Waals surface area (Å²) in [5, 5.41) is 12.8. The van der Waals surface area contributed by atoms with E-state index in [1.165, 1.54) is 6.07 Å². The minimum atomic E-state index is -0.229. The zero-order valence-corrected chi connectivity index (χ0v) is 10.1. The maximum Gasteiger partial charge on any atom is 0.128 e. The number of hydrogen-bond acceptors (Lipinski definition) is 3. The number of rotatable bonds is 3. The van der Waals surface area contributed by atoms with Crippen molar-refractivity contribution in [2.24, 2.45) is 0 Å². The summed E-state index contributed by atoms with van der Waals surface area (Å²) in [6.07, 6.45) is 0. The molecule has 0 spiro atoms. The monoisotopic (exact) mass is 238 g/mol. The Bertz CT molecular complexity index is 378. The van der Waals surface area contributed by atoms with Crippen LogP contribution < -0.4 is 5.32 Å². The number of nitrogens with zero attached hydrogens (tertiary/aromatic N) is 1. The van der Waals surface area contributed by atoms with Crippen molar-refractivity contribution in [1.29, 1.82) is 0 Å². The van der Waals surface area contributed by atoms with Crippen LogP contribution in [-0.4, -0.2) is 42.8 Å². The molecule has 94 valence electrons. The molecule has 1 heterocycles. The predicted octanol–water partition coefficient (Wildman–Crippen LogP) is 1.07. The van der Waals surface area contributed by atoms with Crippen LogP contribution in [0.4, 0.5) is 4.39 Å². The van der Waals surface area contributed by atoms with E-state index in [2.05, 4.69) is 10.2 Å². The number of aryl methyl sites for hydroxylation is 1. The lowest BCUT2D eigenvalue weighted by molar-refractivity contribution is 0.108. The Balaban J connectivity index is 2.24. The number of piperazine rings is 1. The van der Waals surface area contributed by atoms with Gasteiger partial charge in [-0.05, 0) is 13.0 Å². The van der Waals surface area contributed by atoms with Crippen molar-refractivity contribution in [3.05, 3.63) is 35.1 Å². The van der Waals surface area contributed by atoms with Gasteiger partial charge >= 0.3 is 0 Å². The molecule has 1 aliphatic heterocycles. The largest absolute Gasteiger partial charge is 0.394 e. The normalized spacial score (nSPS) is 19.2. The first-order valence-corrected chi connectivity index (χ1v) is 6.04. The predicted molar refractivity (Wildman–Crippen MR) is 65.4 cm³/mol. The Hall–Kier alpha value is -0.970. The average Bonchev–Trinajstić information content (AvgIpc) is 2.36. The Kier molecular flexibility index (Phi) is 4.10. The molecule has 1 atom stereocenters. The van der Waals surface area contributed by atoms with E-state index in [4.69, 9.17) is 0 Å². The fourth-order valence-electron chi connectivity index (χ4n) is 2.32. The van der Waals surface area contributed by atoms with Crippen LogP contribution in [0, 0.1) is 12.7 Å². The van der Waals surface area contributed by atoms with Gasteiger partial charge in [-0.15, -0.1) is 0 Å². The van der Waals surface area contributed by atoms with Gasteiger partial charge in [-0.2, -0.15) is 0 Å². The van der Waals surface area contributed by atoms with Crippen molar-refractivity contribution in [1.82, 2.24) is 10.2 Å². The van der Waals surface area contributed by atoms with Gasteiger partial charge in [-0.1, -0.05) is 17.7 Å². The number of aliphatic hydroxyl groups excluding tert-OH is 1. The highest BCUT2D eigenvalue weighted by Gasteiger charge is 2.23. The lowest BCUT2D eigenvalue weighted by atomic mass is 10.0. The summed E-state index contributed by atoms with van der Waals surface area (Å²) in [5.41, 5.74) is 1.63. The van der Waals surface area contributed by atoms with Gasteiger partial charge in [0.1, 0.15) is 5.82 Å². The van der Waals surface area contributed by atoms with Crippen LogP contribution in [0.1, 0.15) is 17.2 Å². The summed E-state index contributed by atoms with van der Waals surface area (Å²) in [4.78, 5) is 2.13. The summed E-state index contributed by atoms with van der Waals surface area (Å²) >= 11 is 0. The SMILES string of the molecule is Cc1ccc(F)c(C(CO)N2CCNCC2)c1. The summed E-state index contributed by atoms with van der Waals surface area (Å²) in [5.74, 6) is -0.229. The highest BCUT2D eigenvalue weighted by Crippen LogP contribution is 2.24. The number of aliphatic hydroxyl groups is 1. The molecule has 4 heteroatoms. The minimum Gasteiger partial charge on any atom is -0.394 e. The summed E-state index contributed by atoms with van der Waals surface area (Å²) < 4.78 is 13.8. The van der Waals surface area contributed by atoms with Crippen LogP contribution in [0.5, 0.6) is 0 Å². The van der Waals surface area contributed by atoms with Crippen molar-refractivity contribution < 1.29 is 9.50 Å². The molecule has 2 rings (SSSR count). The molecule has 0 bridgehead atoms. The maximum atomic E-state index is 13.8. The molecule has 1 fully saturated rings. The molecule has 0 radical (unpaired) electrons. The van der Waals surface area contributed by atoms with Gasteiger partial charge < -0.3 is 10.4 Å². The molecule has 1 aromatic carbocycles. The van der Waals surface area contributed by atoms with Gasteiger partial charge in [0, 0.05) is 31.7 Å². The minimum absolute atomic E-state index is 0.0413. The molecule has 17 heavy (non-hydrogen) atoms. The lowest BCUT2D eigenvalue weighted by Crippen LogP contribution is -2.46. The van der Waals surface area contributed by atoms with Crippen LogP contribution in [0.2, 0.25) is 0 Å². The van der Waals surface area contributed by atoms with Crippen LogP contribution in [-0.2, 0) is 0 Å². The second-order valence-corrected chi connectivity index (χ2v) is 4.51. The van der Waals surface area contributed by atoms with E-state index in [0.29, 0.717) is 5.56 Å². The van der Waals surface area contributed by atoms with Crippen LogP contribution in [0.15, 0.2) is 18.2 Å². The van der Waals surface area contributed by atoms with Gasteiger partial charge in [-0.25, -0.2) is 4.39 Å². The van der Waals surface area contributed by atoms with Gasteiger partial charge in [-0.3, -0.25) is 4.90 Å². The van der Waals surface area contributed by atoms with Crippen LogP contribution >= 0.6 is 0 Å². The number of nitrogens with one attached hydrogen (secondary N) is 1. The third-order valence-corrected chi connectivity index (χ3v) is 3.28. The molecule has 0 amide bonds. The Morgan fingerprint density at radius 1 is 1.41 bits per heavy atom. The third kappa shape index (κ3) is 2.83. The van der Waals surface area contributed by atoms with E-state index in [1.807, 2.05) is 13.0 Å². The van der Waals surface area contributed by atoms with E-state index >= 15 is 0 Å². The van der Waals surface area contributed by atoms with Crippen molar-refractivity contribution in [3.63, 3.8) is 0 Å². The number of halogens is 1. The zero-order chi connectivity index (χ0) is 12.3. The van der Waals surface area contributed by atoms with Crippen molar-refractivity contribution in [3.8, 4) is 0 Å². The molecule has 0 aromatic heterocycles. The average molecular weight is 238 g/mol. The molecule has 2 N–H and O–H groups in total. The fourth-order valence-corrected chi connectivity index (χ4v) is 2.32. The summed E-state index contributed by atoms with van der Waals surface area (Å²) in [7, 11) is 0. The van der Waals surface area contributed by atoms with E-state index < -0.39 is 0 Å². The quantitative estimate of drug-likeness (QED) is 0.827. The zero-order valence-electron chi connectivity index (χ0n) is 10.1. The van der Waals surface area contributed by atoms with E-state index in [-0.39, 0.29) is 18.5 Å². The lowest BCUT2D eigenvalue weighted by Gasteiger charge is -2.34. The first kappa shape index (κ1) is 12.5. The van der Waals surface area contributed by atoms with Crippen molar-refractivity contribution in [2.75, 3.05) is 32.8 Å². The first-order chi connectivity index (χ1) is 8.22. The Morgan fingerprint density at radius 3 is 2.76 bits per heavy atom. The van der Waals surface area contributed by atoms with Gasteiger partial charge in [0.2, 0.25) is 0 Å². The molecule has 1 unspecified atom stereocenters. The molecule has 3 nitrogen and oxygen atoms in total. The third-order valence-electron chi connectivity index (χ3n) is 3.28. The Labute approximate surface area is 101 Å². The van der Waals surface area contributed by atoms with E-state index in [1.54, 1.807) is 6.07 Å². The molecule has 1 aliphatic rings. The highest BCUT2D eigenvalue weighted by molar-refractivity contribution is 5.27. The molecule has 1 saturated heterocycles. The van der Waals surface area contributed by atoms with E-state index in [0.717, 1.165) is 31.7 Å². The first-order valence-electron chi connectivity index (χ1n) is 6.04. The molecular weight excluding hydrogens is 219 g/mol. The van der Waals surface area contributed by atoms with Crippen molar-refractivity contribution >= 4 is 0 Å². The van der Waals surface area contributed by atoms with Crippen LogP contribution in [0.25, 0.3) is 0 Å². The second-order valence-electron chi connectivity index (χ2n) is 4.51. The topological polar surface area (TPSA) is 35.5 Å². The van der Waals surface area contributed by atoms with Gasteiger partial charge in [0.05, 0.1) is 12.6 Å². The molecule has 0 aliphatic carbocycles. The van der Waals surface area contributed by atoms with Gasteiger partial charge in [0.25, 0.3) is 0 Å². The Morgan fingerprint density at radius 2 is 2.12 bits per heavy atom. The van der Waals surface area contributed by atoms with Gasteiger partial charge in [0.15, 0.2) is 0 Å². The highest BCUT2D eigenvalue weighted by atomic mass is 19.1. The van der Waals surface area contributed by atoms with Crippen LogP contribution in [0.3, 0.4) is 0 Å². The van der Waals surface area contributed by atoms with E-state index in [9.17, 15) is 9.50 Å². The second kappa shape index (κ2) is 5.58. The number of benzene rings is 1. The van der Waals surface area contributed by atoms with Crippen molar-refractivity contribution in [2.45, 2.75) is 13.0 Å². The maximum absolute atomic E-state index is 13.8. The standard InChI is InChI=1S/C13H19FN2O/c1-10-2-3-12(14)11(8-10)13(9-17)16-6-4-15-5-7-16/h2-3,8,13,15,17H,4-7,9H2,1H3.